The van der Waals surface area contributed by atoms with E-state index >= 15 is 0 Å². The summed E-state index contributed by atoms with van der Waals surface area (Å²) < 4.78 is 27.4. The standard InChI is InChI=1S/C25H29N5O4S/c31-24(19-28-35(33,34)23-8-7-20-4-1-2-5-21(20)18-23)27-11-3-6-25(32)30-16-14-29(15-17-30)22-9-12-26-13-10-22/h1-2,4-5,7-10,12-13,18,28H,3,6,11,14-17,19H2,(H,27,31). The maximum atomic E-state index is 12.5. The highest BCUT2D eigenvalue weighted by Gasteiger charge is 2.21. The number of amides is 2. The van der Waals surface area contributed by atoms with Gasteiger partial charge in [-0.2, -0.15) is 0 Å². The van der Waals surface area contributed by atoms with Crippen LogP contribution >= 0.6 is 0 Å². The Morgan fingerprint density at radius 3 is 2.37 bits per heavy atom. The number of benzene rings is 2. The molecule has 184 valence electrons. The van der Waals surface area contributed by atoms with E-state index in [1.807, 2.05) is 41.3 Å². The Morgan fingerprint density at radius 2 is 1.63 bits per heavy atom. The van der Waals surface area contributed by atoms with Gasteiger partial charge in [-0.15, -0.1) is 0 Å². The molecule has 2 N–H and O–H groups in total. The molecule has 1 fully saturated rings. The Labute approximate surface area is 205 Å². The second-order valence-electron chi connectivity index (χ2n) is 8.36. The molecule has 4 rings (SSSR count). The van der Waals surface area contributed by atoms with Crippen LogP contribution in [-0.2, 0) is 19.6 Å². The fourth-order valence-corrected chi connectivity index (χ4v) is 5.05. The van der Waals surface area contributed by atoms with E-state index in [0.717, 1.165) is 29.5 Å². The molecule has 0 atom stereocenters. The third-order valence-electron chi connectivity index (χ3n) is 6.00. The van der Waals surface area contributed by atoms with Gasteiger partial charge in [0.2, 0.25) is 21.8 Å². The van der Waals surface area contributed by atoms with Crippen molar-refractivity contribution < 1.29 is 18.0 Å². The summed E-state index contributed by atoms with van der Waals surface area (Å²) in [5, 5.41) is 4.42. The molecule has 10 heteroatoms. The van der Waals surface area contributed by atoms with E-state index in [1.165, 1.54) is 6.07 Å². The number of piperazine rings is 1. The van der Waals surface area contributed by atoms with Crippen molar-refractivity contribution in [1.82, 2.24) is 19.9 Å². The highest BCUT2D eigenvalue weighted by Crippen LogP contribution is 2.19. The van der Waals surface area contributed by atoms with Crippen LogP contribution in [0.15, 0.2) is 71.9 Å². The lowest BCUT2D eigenvalue weighted by atomic mass is 10.1. The monoisotopic (exact) mass is 495 g/mol. The predicted octanol–water partition coefficient (Wildman–Crippen LogP) is 1.76. The minimum Gasteiger partial charge on any atom is -0.368 e. The zero-order valence-electron chi connectivity index (χ0n) is 19.4. The van der Waals surface area contributed by atoms with Gasteiger partial charge in [0, 0.05) is 57.2 Å². The molecule has 3 aromatic rings. The summed E-state index contributed by atoms with van der Waals surface area (Å²) in [5.41, 5.74) is 1.10. The number of nitrogens with one attached hydrogen (secondary N) is 2. The van der Waals surface area contributed by atoms with Crippen molar-refractivity contribution >= 4 is 38.3 Å². The molecule has 1 aliphatic heterocycles. The predicted molar refractivity (Wildman–Crippen MR) is 134 cm³/mol. The molecule has 1 aromatic heterocycles. The Morgan fingerprint density at radius 1 is 0.914 bits per heavy atom. The summed E-state index contributed by atoms with van der Waals surface area (Å²) in [6, 6.07) is 16.2. The molecule has 1 aliphatic rings. The Balaban J connectivity index is 1.15. The first-order chi connectivity index (χ1) is 16.9. The van der Waals surface area contributed by atoms with Crippen molar-refractivity contribution in [2.24, 2.45) is 0 Å². The van der Waals surface area contributed by atoms with E-state index in [0.29, 0.717) is 32.5 Å². The number of hydrogen-bond donors (Lipinski definition) is 2. The minimum atomic E-state index is -3.81. The van der Waals surface area contributed by atoms with E-state index < -0.39 is 15.9 Å². The number of hydrogen-bond acceptors (Lipinski definition) is 6. The summed E-state index contributed by atoms with van der Waals surface area (Å²) in [4.78, 5) is 32.8. The number of carbonyl (C=O) groups excluding carboxylic acids is 2. The van der Waals surface area contributed by atoms with E-state index in [9.17, 15) is 18.0 Å². The SMILES string of the molecule is O=C(CNS(=O)(=O)c1ccc2ccccc2c1)NCCCC(=O)N1CCN(c2ccncc2)CC1. The molecule has 0 aliphatic carbocycles. The van der Waals surface area contributed by atoms with E-state index in [1.54, 1.807) is 24.5 Å². The van der Waals surface area contributed by atoms with Crippen LogP contribution in [0.2, 0.25) is 0 Å². The molecule has 2 amide bonds. The van der Waals surface area contributed by atoms with Gasteiger partial charge >= 0.3 is 0 Å². The van der Waals surface area contributed by atoms with Gasteiger partial charge in [0.25, 0.3) is 0 Å². The molecular weight excluding hydrogens is 466 g/mol. The maximum absolute atomic E-state index is 12.5. The van der Waals surface area contributed by atoms with Gasteiger partial charge in [0.15, 0.2) is 0 Å². The number of rotatable bonds is 9. The van der Waals surface area contributed by atoms with Crippen LogP contribution in [0.5, 0.6) is 0 Å². The van der Waals surface area contributed by atoms with Crippen molar-refractivity contribution in [1.29, 1.82) is 0 Å². The van der Waals surface area contributed by atoms with Gasteiger partial charge in [-0.05, 0) is 41.5 Å². The molecule has 2 aromatic carbocycles. The molecule has 1 saturated heterocycles. The minimum absolute atomic E-state index is 0.0608. The summed E-state index contributed by atoms with van der Waals surface area (Å²) >= 11 is 0. The van der Waals surface area contributed by atoms with Crippen LogP contribution in [0.4, 0.5) is 5.69 Å². The van der Waals surface area contributed by atoms with Gasteiger partial charge in [0.05, 0.1) is 11.4 Å². The first-order valence-corrected chi connectivity index (χ1v) is 13.1. The molecule has 0 unspecified atom stereocenters. The third-order valence-corrected chi connectivity index (χ3v) is 7.40. The average Bonchev–Trinajstić information content (AvgIpc) is 2.90. The largest absolute Gasteiger partial charge is 0.368 e. The number of nitrogens with zero attached hydrogens (tertiary/aromatic N) is 3. The van der Waals surface area contributed by atoms with E-state index in [2.05, 4.69) is 19.9 Å². The van der Waals surface area contributed by atoms with Crippen LogP contribution in [0.1, 0.15) is 12.8 Å². The van der Waals surface area contributed by atoms with Gasteiger partial charge in [-0.3, -0.25) is 14.6 Å². The van der Waals surface area contributed by atoms with Gasteiger partial charge < -0.3 is 15.1 Å². The van der Waals surface area contributed by atoms with Crippen molar-refractivity contribution in [3.8, 4) is 0 Å². The topological polar surface area (TPSA) is 112 Å². The highest BCUT2D eigenvalue weighted by atomic mass is 32.2. The van der Waals surface area contributed by atoms with Crippen LogP contribution in [0.25, 0.3) is 10.8 Å². The van der Waals surface area contributed by atoms with E-state index in [4.69, 9.17) is 0 Å². The molecule has 0 saturated carbocycles. The van der Waals surface area contributed by atoms with Crippen LogP contribution in [0.3, 0.4) is 0 Å². The maximum Gasteiger partial charge on any atom is 0.241 e. The number of sulfonamides is 1. The zero-order valence-corrected chi connectivity index (χ0v) is 20.2. The van der Waals surface area contributed by atoms with Crippen LogP contribution < -0.4 is 14.9 Å². The van der Waals surface area contributed by atoms with Gasteiger partial charge in [-0.25, -0.2) is 13.1 Å². The fourth-order valence-electron chi connectivity index (χ4n) is 4.04. The van der Waals surface area contributed by atoms with Crippen molar-refractivity contribution in [3.63, 3.8) is 0 Å². The molecule has 0 radical (unpaired) electrons. The third kappa shape index (κ3) is 6.55. The molecule has 2 heterocycles. The Hall–Kier alpha value is -3.50. The van der Waals surface area contributed by atoms with Crippen molar-refractivity contribution in [2.45, 2.75) is 17.7 Å². The normalized spacial score (nSPS) is 14.2. The quantitative estimate of drug-likeness (QED) is 0.438. The smallest absolute Gasteiger partial charge is 0.241 e. The van der Waals surface area contributed by atoms with Crippen LogP contribution in [0, 0.1) is 0 Å². The van der Waals surface area contributed by atoms with Crippen molar-refractivity contribution in [3.05, 3.63) is 67.0 Å². The first-order valence-electron chi connectivity index (χ1n) is 11.6. The first kappa shape index (κ1) is 24.6. The fraction of sp³-hybridized carbons (Fsp3) is 0.320. The molecule has 0 bridgehead atoms. The highest BCUT2D eigenvalue weighted by molar-refractivity contribution is 7.89. The zero-order chi connectivity index (χ0) is 24.7. The lowest BCUT2D eigenvalue weighted by Crippen LogP contribution is -2.48. The molecule has 9 nitrogen and oxygen atoms in total. The van der Waals surface area contributed by atoms with E-state index in [-0.39, 0.29) is 17.3 Å². The second kappa shape index (κ2) is 11.3. The molecule has 35 heavy (non-hydrogen) atoms. The molecule has 0 spiro atoms. The second-order valence-corrected chi connectivity index (χ2v) is 10.1. The summed E-state index contributed by atoms with van der Waals surface area (Å²) in [6.45, 7) is 2.79. The van der Waals surface area contributed by atoms with Crippen LogP contribution in [-0.4, -0.2) is 69.4 Å². The number of pyridine rings is 1. The van der Waals surface area contributed by atoms with Crippen molar-refractivity contribution in [2.75, 3.05) is 44.2 Å². The summed E-state index contributed by atoms with van der Waals surface area (Å²) in [6.07, 6.45) is 4.34. The van der Waals surface area contributed by atoms with Gasteiger partial charge in [0.1, 0.15) is 0 Å². The number of fused-ring (bicyclic) bond motifs is 1. The lowest BCUT2D eigenvalue weighted by Gasteiger charge is -2.36. The lowest BCUT2D eigenvalue weighted by molar-refractivity contribution is -0.131. The summed E-state index contributed by atoms with van der Waals surface area (Å²) in [7, 11) is -3.81. The molecular formula is C25H29N5O4S. The Kier molecular flexibility index (Phi) is 7.94. The van der Waals surface area contributed by atoms with Gasteiger partial charge in [-0.1, -0.05) is 30.3 Å². The number of carbonyl (C=O) groups is 2. The summed E-state index contributed by atoms with van der Waals surface area (Å²) in [5.74, 6) is -0.376. The number of anilines is 1. The average molecular weight is 496 g/mol. The number of aromatic nitrogens is 1. The Bertz CT molecular complexity index is 1280.